The Balaban J connectivity index is 1.53. The minimum absolute atomic E-state index is 0.226. The van der Waals surface area contributed by atoms with Crippen LogP contribution in [0.25, 0.3) is 21.3 Å². The van der Waals surface area contributed by atoms with E-state index >= 15 is 0 Å². The predicted octanol–water partition coefficient (Wildman–Crippen LogP) is 3.78. The van der Waals surface area contributed by atoms with Gasteiger partial charge < -0.3 is 10.2 Å². The lowest BCUT2D eigenvalue weighted by molar-refractivity contribution is -0.129. The maximum atomic E-state index is 12.2. The van der Waals surface area contributed by atoms with Crippen LogP contribution in [0.2, 0.25) is 0 Å². The lowest BCUT2D eigenvalue weighted by Crippen LogP contribution is -2.29. The van der Waals surface area contributed by atoms with Crippen molar-refractivity contribution >= 4 is 33.3 Å². The first-order valence-corrected chi connectivity index (χ1v) is 9.50. The topological polar surface area (TPSA) is 58.1 Å². The Morgan fingerprint density at radius 2 is 1.96 bits per heavy atom. The van der Waals surface area contributed by atoms with Crippen molar-refractivity contribution < 1.29 is 4.79 Å². The van der Waals surface area contributed by atoms with Gasteiger partial charge in [-0.25, -0.2) is 9.97 Å². The molecule has 6 heteroatoms. The van der Waals surface area contributed by atoms with Crippen LogP contribution in [0.4, 0.5) is 5.82 Å². The molecule has 1 N–H and O–H groups in total. The fraction of sp³-hybridized carbons (Fsp3) is 0.316. The summed E-state index contributed by atoms with van der Waals surface area (Å²) in [7, 11) is 0. The van der Waals surface area contributed by atoms with Gasteiger partial charge in [0, 0.05) is 37.0 Å². The number of fused-ring (bicyclic) bond motifs is 1. The van der Waals surface area contributed by atoms with E-state index < -0.39 is 0 Å². The number of carbonyl (C=O) groups is 1. The van der Waals surface area contributed by atoms with Crippen molar-refractivity contribution in [1.82, 2.24) is 14.9 Å². The molecule has 128 valence electrons. The average Bonchev–Trinajstić information content (AvgIpc) is 3.33. The molecule has 3 heterocycles. The summed E-state index contributed by atoms with van der Waals surface area (Å²) in [6.07, 6.45) is 4.33. The summed E-state index contributed by atoms with van der Waals surface area (Å²) in [6.45, 7) is 2.39. The summed E-state index contributed by atoms with van der Waals surface area (Å²) in [6, 6.07) is 10.3. The van der Waals surface area contributed by atoms with Gasteiger partial charge >= 0.3 is 0 Å². The average molecular weight is 352 g/mol. The first-order valence-electron chi connectivity index (χ1n) is 8.62. The second kappa shape index (κ2) is 7.19. The maximum absolute atomic E-state index is 12.2. The van der Waals surface area contributed by atoms with Crippen LogP contribution in [0.15, 0.2) is 42.0 Å². The van der Waals surface area contributed by atoms with Crippen LogP contribution < -0.4 is 5.32 Å². The minimum Gasteiger partial charge on any atom is -0.369 e. The highest BCUT2D eigenvalue weighted by molar-refractivity contribution is 7.17. The third kappa shape index (κ3) is 3.35. The Morgan fingerprint density at radius 3 is 2.76 bits per heavy atom. The Hall–Kier alpha value is -2.47. The highest BCUT2D eigenvalue weighted by atomic mass is 32.1. The zero-order valence-electron chi connectivity index (χ0n) is 13.9. The van der Waals surface area contributed by atoms with Crippen LogP contribution in [0, 0.1) is 0 Å². The summed E-state index contributed by atoms with van der Waals surface area (Å²) in [4.78, 5) is 23.9. The lowest BCUT2D eigenvalue weighted by atomic mass is 10.1. The van der Waals surface area contributed by atoms with Crippen LogP contribution in [-0.4, -0.2) is 40.4 Å². The zero-order valence-corrected chi connectivity index (χ0v) is 14.8. The molecule has 1 aliphatic heterocycles. The van der Waals surface area contributed by atoms with Crippen molar-refractivity contribution in [1.29, 1.82) is 0 Å². The van der Waals surface area contributed by atoms with Crippen LogP contribution in [0.3, 0.4) is 0 Å². The number of nitrogens with zero attached hydrogens (tertiary/aromatic N) is 3. The first-order chi connectivity index (χ1) is 12.3. The van der Waals surface area contributed by atoms with E-state index in [1.165, 1.54) is 0 Å². The molecule has 5 nitrogen and oxygen atoms in total. The predicted molar refractivity (Wildman–Crippen MR) is 102 cm³/mol. The van der Waals surface area contributed by atoms with E-state index in [1.54, 1.807) is 17.7 Å². The Morgan fingerprint density at radius 1 is 1.16 bits per heavy atom. The van der Waals surface area contributed by atoms with Crippen LogP contribution in [0.5, 0.6) is 0 Å². The quantitative estimate of drug-likeness (QED) is 0.759. The molecular formula is C19H20N4OS. The van der Waals surface area contributed by atoms with Crippen LogP contribution >= 0.6 is 11.3 Å². The monoisotopic (exact) mass is 352 g/mol. The molecule has 0 saturated carbocycles. The number of thiophene rings is 1. The SMILES string of the molecule is O=C(CCNc1ncnc2scc(-c3ccccc3)c12)N1CCCC1. The van der Waals surface area contributed by atoms with E-state index in [0.717, 1.165) is 53.1 Å². The maximum Gasteiger partial charge on any atom is 0.224 e. The summed E-state index contributed by atoms with van der Waals surface area (Å²) >= 11 is 1.62. The van der Waals surface area contributed by atoms with E-state index in [1.807, 2.05) is 23.1 Å². The molecule has 25 heavy (non-hydrogen) atoms. The number of anilines is 1. The number of hydrogen-bond donors (Lipinski definition) is 1. The molecular weight excluding hydrogens is 332 g/mol. The number of aromatic nitrogens is 2. The number of rotatable bonds is 5. The molecule has 1 fully saturated rings. The minimum atomic E-state index is 0.226. The molecule has 0 spiro atoms. The Labute approximate surface area is 150 Å². The molecule has 4 rings (SSSR count). The zero-order chi connectivity index (χ0) is 17.1. The molecule has 1 amide bonds. The van der Waals surface area contributed by atoms with Crippen molar-refractivity contribution in [3.63, 3.8) is 0 Å². The third-order valence-corrected chi connectivity index (χ3v) is 5.43. The number of hydrogen-bond acceptors (Lipinski definition) is 5. The highest BCUT2D eigenvalue weighted by Crippen LogP contribution is 2.36. The fourth-order valence-corrected chi connectivity index (χ4v) is 4.17. The number of benzene rings is 1. The van der Waals surface area contributed by atoms with Crippen molar-refractivity contribution in [2.24, 2.45) is 0 Å². The van der Waals surface area contributed by atoms with Crippen LogP contribution in [0.1, 0.15) is 19.3 Å². The standard InChI is InChI=1S/C19H20N4OS/c24-16(23-10-4-5-11-23)8-9-20-18-17-15(14-6-2-1-3-7-14)12-25-19(17)22-13-21-18/h1-3,6-7,12-13H,4-5,8-11H2,(H,20,21,22). The van der Waals surface area contributed by atoms with Gasteiger partial charge in [0.2, 0.25) is 5.91 Å². The van der Waals surface area contributed by atoms with Gasteiger partial charge in [0.1, 0.15) is 17.0 Å². The van der Waals surface area contributed by atoms with Gasteiger partial charge in [0.05, 0.1) is 5.39 Å². The van der Waals surface area contributed by atoms with Crippen molar-refractivity contribution in [3.8, 4) is 11.1 Å². The van der Waals surface area contributed by atoms with Gasteiger partial charge in [-0.05, 0) is 18.4 Å². The summed E-state index contributed by atoms with van der Waals surface area (Å²) < 4.78 is 0. The van der Waals surface area contributed by atoms with Gasteiger partial charge in [-0.1, -0.05) is 30.3 Å². The number of likely N-dealkylation sites (tertiary alicyclic amines) is 1. The van der Waals surface area contributed by atoms with E-state index in [0.29, 0.717) is 13.0 Å². The van der Waals surface area contributed by atoms with E-state index in [-0.39, 0.29) is 5.91 Å². The molecule has 1 aromatic carbocycles. The normalized spacial score (nSPS) is 14.2. The third-order valence-electron chi connectivity index (χ3n) is 4.55. The van der Waals surface area contributed by atoms with Gasteiger partial charge in [0.15, 0.2) is 0 Å². The van der Waals surface area contributed by atoms with Crippen molar-refractivity contribution in [2.75, 3.05) is 25.0 Å². The molecule has 0 bridgehead atoms. The second-order valence-corrected chi connectivity index (χ2v) is 7.04. The lowest BCUT2D eigenvalue weighted by Gasteiger charge is -2.15. The fourth-order valence-electron chi connectivity index (χ4n) is 3.25. The van der Waals surface area contributed by atoms with Gasteiger partial charge in [-0.2, -0.15) is 0 Å². The molecule has 0 aliphatic carbocycles. The first kappa shape index (κ1) is 16.0. The van der Waals surface area contributed by atoms with E-state index in [4.69, 9.17) is 0 Å². The van der Waals surface area contributed by atoms with Crippen molar-refractivity contribution in [3.05, 3.63) is 42.0 Å². The molecule has 0 atom stereocenters. The summed E-state index contributed by atoms with van der Waals surface area (Å²) in [5.41, 5.74) is 2.29. The molecule has 1 aliphatic rings. The van der Waals surface area contributed by atoms with Gasteiger partial charge in [-0.3, -0.25) is 4.79 Å². The second-order valence-electron chi connectivity index (χ2n) is 6.18. The van der Waals surface area contributed by atoms with Gasteiger partial charge in [0.25, 0.3) is 0 Å². The molecule has 1 saturated heterocycles. The molecule has 0 unspecified atom stereocenters. The highest BCUT2D eigenvalue weighted by Gasteiger charge is 2.18. The number of carbonyl (C=O) groups excluding carboxylic acids is 1. The number of nitrogens with one attached hydrogen (secondary N) is 1. The summed E-state index contributed by atoms with van der Waals surface area (Å²) in [5.74, 6) is 1.03. The van der Waals surface area contributed by atoms with Crippen molar-refractivity contribution in [2.45, 2.75) is 19.3 Å². The van der Waals surface area contributed by atoms with Crippen LogP contribution in [-0.2, 0) is 4.79 Å². The Kier molecular flexibility index (Phi) is 4.61. The van der Waals surface area contributed by atoms with E-state index in [2.05, 4.69) is 32.8 Å². The molecule has 2 aromatic heterocycles. The van der Waals surface area contributed by atoms with E-state index in [9.17, 15) is 4.79 Å². The Bertz CT molecular complexity index is 872. The van der Waals surface area contributed by atoms with Gasteiger partial charge in [-0.15, -0.1) is 11.3 Å². The molecule has 3 aromatic rings. The summed E-state index contributed by atoms with van der Waals surface area (Å²) in [5, 5.41) is 6.50. The number of amides is 1. The largest absolute Gasteiger partial charge is 0.369 e. The molecule has 0 radical (unpaired) electrons. The smallest absolute Gasteiger partial charge is 0.224 e.